The molecule has 1 N–H and O–H groups in total. The molecule has 2 aliphatic rings. The number of alkyl halides is 2. The molecular weight excluding hydrogens is 347 g/mol. The van der Waals surface area contributed by atoms with Crippen LogP contribution in [0.4, 0.5) is 0 Å². The van der Waals surface area contributed by atoms with E-state index in [1.807, 2.05) is 19.1 Å². The number of ether oxygens (including phenoxy) is 1. The van der Waals surface area contributed by atoms with Crippen molar-refractivity contribution in [2.24, 2.45) is 5.41 Å². The Labute approximate surface area is 153 Å². The zero-order valence-electron chi connectivity index (χ0n) is 14.1. The van der Waals surface area contributed by atoms with Crippen molar-refractivity contribution in [3.05, 3.63) is 29.8 Å². The van der Waals surface area contributed by atoms with Crippen LogP contribution in [-0.2, 0) is 4.79 Å². The first-order valence-corrected chi connectivity index (χ1v) is 9.17. The number of amides is 1. The zero-order chi connectivity index (χ0) is 17.4. The van der Waals surface area contributed by atoms with Crippen molar-refractivity contribution >= 4 is 29.1 Å². The smallest absolute Gasteiger partial charge is 0.229 e. The van der Waals surface area contributed by atoms with Gasteiger partial charge in [-0.25, -0.2) is 0 Å². The lowest BCUT2D eigenvalue weighted by molar-refractivity contribution is -0.126. The molecule has 4 nitrogen and oxygen atoms in total. The summed E-state index contributed by atoms with van der Waals surface area (Å²) in [6, 6.07) is 8.22. The number of nitrogens with one attached hydrogen (secondary N) is 1. The van der Waals surface area contributed by atoms with Crippen molar-refractivity contribution in [1.82, 2.24) is 10.2 Å². The molecule has 6 heteroatoms. The maximum Gasteiger partial charge on any atom is 0.229 e. The number of methoxy groups -OCH3 is 1. The molecule has 0 aromatic heterocycles. The second-order valence-electron chi connectivity index (χ2n) is 6.96. The molecule has 1 saturated heterocycles. The molecule has 0 unspecified atom stereocenters. The van der Waals surface area contributed by atoms with E-state index in [-0.39, 0.29) is 11.9 Å². The molecule has 1 aliphatic heterocycles. The van der Waals surface area contributed by atoms with Gasteiger partial charge in [0.05, 0.1) is 18.6 Å². The Bertz CT molecular complexity index is 600. The molecule has 1 aliphatic carbocycles. The van der Waals surface area contributed by atoms with Crippen LogP contribution in [0.25, 0.3) is 0 Å². The summed E-state index contributed by atoms with van der Waals surface area (Å²) in [5.74, 6) is 0.771. The Balaban J connectivity index is 1.69. The lowest BCUT2D eigenvalue weighted by atomic mass is 10.0. The van der Waals surface area contributed by atoms with E-state index in [0.717, 1.165) is 18.8 Å². The van der Waals surface area contributed by atoms with Crippen molar-refractivity contribution in [3.63, 3.8) is 0 Å². The number of carbonyl (C=O) groups excluding carboxylic acids is 1. The van der Waals surface area contributed by atoms with E-state index < -0.39 is 9.75 Å². The third-order valence-electron chi connectivity index (χ3n) is 5.30. The highest BCUT2D eigenvalue weighted by Crippen LogP contribution is 2.63. The molecule has 3 rings (SSSR count). The van der Waals surface area contributed by atoms with Crippen molar-refractivity contribution in [2.75, 3.05) is 26.7 Å². The molecule has 1 saturated carbocycles. The fourth-order valence-electron chi connectivity index (χ4n) is 3.37. The molecule has 24 heavy (non-hydrogen) atoms. The maximum absolute atomic E-state index is 12.5. The van der Waals surface area contributed by atoms with Gasteiger partial charge in [0, 0.05) is 6.54 Å². The van der Waals surface area contributed by atoms with Gasteiger partial charge in [0.25, 0.3) is 0 Å². The van der Waals surface area contributed by atoms with Crippen LogP contribution in [-0.4, -0.2) is 41.9 Å². The van der Waals surface area contributed by atoms with E-state index in [1.54, 1.807) is 7.11 Å². The van der Waals surface area contributed by atoms with Gasteiger partial charge in [-0.05, 0) is 57.0 Å². The second-order valence-corrected chi connectivity index (χ2v) is 8.44. The lowest BCUT2D eigenvalue weighted by Crippen LogP contribution is -2.40. The third kappa shape index (κ3) is 3.37. The molecule has 1 aromatic carbocycles. The maximum atomic E-state index is 12.5. The van der Waals surface area contributed by atoms with Crippen LogP contribution in [0.3, 0.4) is 0 Å². The van der Waals surface area contributed by atoms with Crippen LogP contribution < -0.4 is 10.1 Å². The normalized spacial score (nSPS) is 26.8. The van der Waals surface area contributed by atoms with Gasteiger partial charge in [0.2, 0.25) is 5.91 Å². The van der Waals surface area contributed by atoms with Gasteiger partial charge in [-0.2, -0.15) is 0 Å². The highest BCUT2D eigenvalue weighted by molar-refractivity contribution is 6.53. The second kappa shape index (κ2) is 6.74. The minimum atomic E-state index is -0.930. The van der Waals surface area contributed by atoms with Gasteiger partial charge in [0.1, 0.15) is 10.1 Å². The van der Waals surface area contributed by atoms with E-state index >= 15 is 0 Å². The standard InChI is InChI=1S/C18H24Cl2N2O2/c1-17(12-18(17,19)20)16(23)21-11-15(22-9-3-4-10-22)13-5-7-14(24-2)8-6-13/h5-8,15H,3-4,9-12H2,1-2H3,(H,21,23)/t15-,17+/m0/s1. The van der Waals surface area contributed by atoms with E-state index in [0.29, 0.717) is 13.0 Å². The van der Waals surface area contributed by atoms with Gasteiger partial charge < -0.3 is 10.1 Å². The average molecular weight is 371 g/mol. The Morgan fingerprint density at radius 2 is 1.88 bits per heavy atom. The molecule has 0 spiro atoms. The number of rotatable bonds is 6. The minimum Gasteiger partial charge on any atom is -0.497 e. The van der Waals surface area contributed by atoms with Crippen LogP contribution in [0.1, 0.15) is 37.8 Å². The van der Waals surface area contributed by atoms with Gasteiger partial charge in [-0.3, -0.25) is 9.69 Å². The molecule has 0 bridgehead atoms. The first kappa shape index (κ1) is 17.8. The van der Waals surface area contributed by atoms with Crippen LogP contribution >= 0.6 is 23.2 Å². The largest absolute Gasteiger partial charge is 0.497 e. The molecule has 132 valence electrons. The monoisotopic (exact) mass is 370 g/mol. The third-order valence-corrected chi connectivity index (χ3v) is 6.40. The van der Waals surface area contributed by atoms with Gasteiger partial charge in [-0.1, -0.05) is 12.1 Å². The van der Waals surface area contributed by atoms with Crippen molar-refractivity contribution in [2.45, 2.75) is 36.6 Å². The quantitative estimate of drug-likeness (QED) is 0.778. The summed E-state index contributed by atoms with van der Waals surface area (Å²) >= 11 is 12.2. The molecule has 1 aromatic rings. The Morgan fingerprint density at radius 1 is 1.29 bits per heavy atom. The fourth-order valence-corrected chi connectivity index (χ4v) is 4.07. The first-order chi connectivity index (χ1) is 11.4. The van der Waals surface area contributed by atoms with Crippen molar-refractivity contribution < 1.29 is 9.53 Å². The van der Waals surface area contributed by atoms with Crippen molar-refractivity contribution in [3.8, 4) is 5.75 Å². The number of benzene rings is 1. The summed E-state index contributed by atoms with van der Waals surface area (Å²) in [7, 11) is 1.66. The number of likely N-dealkylation sites (tertiary alicyclic amines) is 1. The zero-order valence-corrected chi connectivity index (χ0v) is 15.7. The number of carbonyl (C=O) groups is 1. The highest BCUT2D eigenvalue weighted by atomic mass is 35.5. The Hall–Kier alpha value is -0.970. The number of hydrogen-bond acceptors (Lipinski definition) is 3. The SMILES string of the molecule is COc1ccc([C@H](CNC(=O)[C@@]2(C)CC2(Cl)Cl)N2CCCC2)cc1. The topological polar surface area (TPSA) is 41.6 Å². The molecule has 0 radical (unpaired) electrons. The molecular formula is C18H24Cl2N2O2. The first-order valence-electron chi connectivity index (χ1n) is 8.41. The summed E-state index contributed by atoms with van der Waals surface area (Å²) in [5.41, 5.74) is 0.507. The molecule has 1 amide bonds. The summed E-state index contributed by atoms with van der Waals surface area (Å²) in [4.78, 5) is 14.9. The fraction of sp³-hybridized carbons (Fsp3) is 0.611. The summed E-state index contributed by atoms with van der Waals surface area (Å²) < 4.78 is 4.31. The molecule has 2 atom stereocenters. The van der Waals surface area contributed by atoms with Crippen LogP contribution in [0.15, 0.2) is 24.3 Å². The Kier molecular flexibility index (Phi) is 5.01. The van der Waals surface area contributed by atoms with Crippen LogP contribution in [0, 0.1) is 5.41 Å². The number of nitrogens with zero attached hydrogens (tertiary/aromatic N) is 1. The van der Waals surface area contributed by atoms with Gasteiger partial charge in [-0.15, -0.1) is 23.2 Å². The molecule has 2 fully saturated rings. The summed E-state index contributed by atoms with van der Waals surface area (Å²) in [5, 5.41) is 3.06. The number of halogens is 2. The molecule has 1 heterocycles. The van der Waals surface area contributed by atoms with Crippen molar-refractivity contribution in [1.29, 1.82) is 0 Å². The van der Waals surface area contributed by atoms with Crippen LogP contribution in [0.2, 0.25) is 0 Å². The number of hydrogen-bond donors (Lipinski definition) is 1. The van der Waals surface area contributed by atoms with E-state index in [9.17, 15) is 4.79 Å². The van der Waals surface area contributed by atoms with E-state index in [4.69, 9.17) is 27.9 Å². The van der Waals surface area contributed by atoms with E-state index in [1.165, 1.54) is 18.4 Å². The van der Waals surface area contributed by atoms with Gasteiger partial charge >= 0.3 is 0 Å². The van der Waals surface area contributed by atoms with E-state index in [2.05, 4.69) is 22.3 Å². The highest BCUT2D eigenvalue weighted by Gasteiger charge is 2.67. The van der Waals surface area contributed by atoms with Crippen LogP contribution in [0.5, 0.6) is 5.75 Å². The minimum absolute atomic E-state index is 0.0646. The predicted octanol–water partition coefficient (Wildman–Crippen LogP) is 3.53. The summed E-state index contributed by atoms with van der Waals surface area (Å²) in [6.07, 6.45) is 2.90. The Morgan fingerprint density at radius 3 is 2.38 bits per heavy atom. The summed E-state index contributed by atoms with van der Waals surface area (Å²) in [6.45, 7) is 4.49. The van der Waals surface area contributed by atoms with Gasteiger partial charge in [0.15, 0.2) is 0 Å². The predicted molar refractivity (Wildman–Crippen MR) is 96.7 cm³/mol. The average Bonchev–Trinajstić information content (AvgIpc) is 2.95. The lowest BCUT2D eigenvalue weighted by Gasteiger charge is -2.29.